The molecule has 0 bridgehead atoms. The lowest BCUT2D eigenvalue weighted by atomic mass is 10.0. The van der Waals surface area contributed by atoms with Crippen molar-refractivity contribution in [3.8, 4) is 0 Å². The van der Waals surface area contributed by atoms with E-state index in [9.17, 15) is 0 Å². The molecule has 0 aromatic carbocycles. The lowest BCUT2D eigenvalue weighted by Crippen LogP contribution is -1.99. The Kier molecular flexibility index (Phi) is 5.26. The summed E-state index contributed by atoms with van der Waals surface area (Å²) in [6, 6.07) is 0. The van der Waals surface area contributed by atoms with E-state index < -0.39 is 0 Å². The van der Waals surface area contributed by atoms with Gasteiger partial charge in [0.05, 0.1) is 0 Å². The monoisotopic (exact) mass is 151 g/mol. The van der Waals surface area contributed by atoms with Crippen molar-refractivity contribution in [3.05, 3.63) is 36.6 Å². The molecule has 1 heteroatoms. The largest absolute Gasteiger partial charge is 0.394 e. The lowest BCUT2D eigenvalue weighted by Gasteiger charge is -2.04. The van der Waals surface area contributed by atoms with Crippen LogP contribution in [0.5, 0.6) is 0 Å². The highest BCUT2D eigenvalue weighted by atomic mass is 14.8. The van der Waals surface area contributed by atoms with Gasteiger partial charge in [-0.05, 0) is 17.7 Å². The summed E-state index contributed by atoms with van der Waals surface area (Å²) in [5.74, 6) is 0.554. The Bertz CT molecular complexity index is 164. The van der Waals surface area contributed by atoms with Gasteiger partial charge in [-0.15, -0.1) is 0 Å². The molecule has 62 valence electrons. The quantitative estimate of drug-likeness (QED) is 0.609. The second kappa shape index (κ2) is 5.78. The van der Waals surface area contributed by atoms with Crippen LogP contribution in [0.25, 0.3) is 0 Å². The van der Waals surface area contributed by atoms with E-state index in [-0.39, 0.29) is 0 Å². The van der Waals surface area contributed by atoms with Gasteiger partial charge in [0.2, 0.25) is 0 Å². The summed E-state index contributed by atoms with van der Waals surface area (Å²) in [6.45, 7) is 7.94. The van der Waals surface area contributed by atoms with E-state index in [1.165, 1.54) is 5.57 Å². The summed E-state index contributed by atoms with van der Waals surface area (Å²) in [4.78, 5) is 0. The van der Waals surface area contributed by atoms with E-state index in [0.717, 1.165) is 0 Å². The molecule has 0 heterocycles. The molecule has 0 aliphatic rings. The Labute approximate surface area is 69.5 Å². The summed E-state index contributed by atoms with van der Waals surface area (Å²) < 4.78 is 0. The van der Waals surface area contributed by atoms with Gasteiger partial charge in [0.1, 0.15) is 0 Å². The van der Waals surface area contributed by atoms with Gasteiger partial charge in [0.25, 0.3) is 0 Å². The highest BCUT2D eigenvalue weighted by molar-refractivity contribution is 5.22. The molecule has 0 aromatic rings. The van der Waals surface area contributed by atoms with Gasteiger partial charge in [0, 0.05) is 7.05 Å². The fourth-order valence-electron chi connectivity index (χ4n) is 0.753. The van der Waals surface area contributed by atoms with E-state index in [1.807, 2.05) is 19.3 Å². The summed E-state index contributed by atoms with van der Waals surface area (Å²) >= 11 is 0. The number of nitrogens with one attached hydrogen (secondary N) is 1. The van der Waals surface area contributed by atoms with Crippen LogP contribution < -0.4 is 5.32 Å². The molecule has 1 nitrogen and oxygen atoms in total. The third-order valence-electron chi connectivity index (χ3n) is 1.40. The second-order valence-corrected chi connectivity index (χ2v) is 2.68. The Hall–Kier alpha value is -0.980. The van der Waals surface area contributed by atoms with Crippen LogP contribution in [0.15, 0.2) is 36.6 Å². The van der Waals surface area contributed by atoms with Crippen LogP contribution in [0.2, 0.25) is 0 Å². The molecule has 0 atom stereocenters. The minimum Gasteiger partial charge on any atom is -0.394 e. The predicted molar refractivity (Wildman–Crippen MR) is 51.3 cm³/mol. The third-order valence-corrected chi connectivity index (χ3v) is 1.40. The summed E-state index contributed by atoms with van der Waals surface area (Å²) in [5.41, 5.74) is 1.28. The first-order chi connectivity index (χ1) is 5.22. The van der Waals surface area contributed by atoms with E-state index >= 15 is 0 Å². The molecule has 11 heavy (non-hydrogen) atoms. The minimum absolute atomic E-state index is 0.554. The maximum atomic E-state index is 3.62. The number of allylic oxidation sites excluding steroid dienone is 4. The minimum atomic E-state index is 0.554. The molecule has 0 aromatic heterocycles. The van der Waals surface area contributed by atoms with Gasteiger partial charge in [-0.1, -0.05) is 38.7 Å². The van der Waals surface area contributed by atoms with Crippen molar-refractivity contribution in [1.29, 1.82) is 0 Å². The molecular formula is C10H17N. The maximum absolute atomic E-state index is 3.62. The predicted octanol–water partition coefficient (Wildman–Crippen LogP) is 2.49. The van der Waals surface area contributed by atoms with Crippen molar-refractivity contribution < 1.29 is 0 Å². The molecule has 0 rings (SSSR count). The van der Waals surface area contributed by atoms with Crippen molar-refractivity contribution in [3.63, 3.8) is 0 Å². The van der Waals surface area contributed by atoms with Crippen molar-refractivity contribution in [2.75, 3.05) is 7.05 Å². The van der Waals surface area contributed by atoms with Crippen LogP contribution in [0.3, 0.4) is 0 Å². The van der Waals surface area contributed by atoms with Crippen LogP contribution in [-0.4, -0.2) is 7.05 Å². The van der Waals surface area contributed by atoms with E-state index in [2.05, 4.69) is 31.8 Å². The molecule has 0 spiro atoms. The highest BCUT2D eigenvalue weighted by Crippen LogP contribution is 2.09. The fraction of sp³-hybridized carbons (Fsp3) is 0.400. The zero-order valence-electron chi connectivity index (χ0n) is 7.59. The molecule has 0 aliphatic carbocycles. The van der Waals surface area contributed by atoms with Gasteiger partial charge in [-0.25, -0.2) is 0 Å². The van der Waals surface area contributed by atoms with Crippen LogP contribution in [0.1, 0.15) is 13.8 Å². The van der Waals surface area contributed by atoms with Gasteiger partial charge in [-0.2, -0.15) is 0 Å². The van der Waals surface area contributed by atoms with E-state index in [0.29, 0.717) is 5.92 Å². The van der Waals surface area contributed by atoms with Gasteiger partial charge < -0.3 is 5.32 Å². The average Bonchev–Trinajstić information content (AvgIpc) is 1.97. The Morgan fingerprint density at radius 3 is 2.45 bits per heavy atom. The molecule has 1 N–H and O–H groups in total. The Morgan fingerprint density at radius 1 is 1.45 bits per heavy atom. The third kappa shape index (κ3) is 4.43. The van der Waals surface area contributed by atoms with E-state index in [1.54, 1.807) is 6.08 Å². The van der Waals surface area contributed by atoms with Gasteiger partial charge in [0.15, 0.2) is 0 Å². The first kappa shape index (κ1) is 10.0. The molecule has 0 saturated heterocycles. The zero-order chi connectivity index (χ0) is 8.69. The summed E-state index contributed by atoms with van der Waals surface area (Å²) in [6.07, 6.45) is 7.80. The standard InChI is InChI=1S/C10H17N/c1-5-6-7-10(8-11-4)9(2)3/h5-9,11H,1H2,2-4H3/b7-6-,10-8+. The summed E-state index contributed by atoms with van der Waals surface area (Å²) in [7, 11) is 1.91. The number of rotatable bonds is 4. The highest BCUT2D eigenvalue weighted by Gasteiger charge is 1.96. The zero-order valence-corrected chi connectivity index (χ0v) is 7.59. The molecule has 0 aliphatic heterocycles. The maximum Gasteiger partial charge on any atom is 0.00278 e. The van der Waals surface area contributed by atoms with Crippen LogP contribution in [-0.2, 0) is 0 Å². The first-order valence-electron chi connectivity index (χ1n) is 3.88. The number of hydrogen-bond donors (Lipinski definition) is 1. The smallest absolute Gasteiger partial charge is 0.00278 e. The van der Waals surface area contributed by atoms with Crippen LogP contribution in [0.4, 0.5) is 0 Å². The Balaban J connectivity index is 4.22. The van der Waals surface area contributed by atoms with Crippen molar-refractivity contribution in [2.45, 2.75) is 13.8 Å². The second-order valence-electron chi connectivity index (χ2n) is 2.68. The van der Waals surface area contributed by atoms with Gasteiger partial charge >= 0.3 is 0 Å². The normalized spacial score (nSPS) is 12.5. The van der Waals surface area contributed by atoms with Crippen LogP contribution in [0, 0.1) is 5.92 Å². The first-order valence-corrected chi connectivity index (χ1v) is 3.88. The van der Waals surface area contributed by atoms with Crippen molar-refractivity contribution in [1.82, 2.24) is 5.32 Å². The van der Waals surface area contributed by atoms with Gasteiger partial charge in [-0.3, -0.25) is 0 Å². The van der Waals surface area contributed by atoms with E-state index in [4.69, 9.17) is 0 Å². The average molecular weight is 151 g/mol. The Morgan fingerprint density at radius 2 is 2.09 bits per heavy atom. The molecule has 0 fully saturated rings. The lowest BCUT2D eigenvalue weighted by molar-refractivity contribution is 0.780. The number of hydrogen-bond acceptors (Lipinski definition) is 1. The van der Waals surface area contributed by atoms with Crippen molar-refractivity contribution >= 4 is 0 Å². The molecular weight excluding hydrogens is 134 g/mol. The molecule has 0 radical (unpaired) electrons. The molecule has 0 saturated carbocycles. The SMILES string of the molecule is C=C/C=C\C(=C/NC)C(C)C. The van der Waals surface area contributed by atoms with Crippen LogP contribution >= 0.6 is 0 Å². The fourth-order valence-corrected chi connectivity index (χ4v) is 0.753. The van der Waals surface area contributed by atoms with Crippen molar-refractivity contribution in [2.24, 2.45) is 5.92 Å². The molecule has 0 unspecified atom stereocenters. The summed E-state index contributed by atoms with van der Waals surface area (Å²) in [5, 5.41) is 3.01. The topological polar surface area (TPSA) is 12.0 Å². The molecule has 0 amide bonds.